The summed E-state index contributed by atoms with van der Waals surface area (Å²) in [5.41, 5.74) is -0.408. The van der Waals surface area contributed by atoms with Gasteiger partial charge in [-0.2, -0.15) is 0 Å². The van der Waals surface area contributed by atoms with Gasteiger partial charge in [0.25, 0.3) is 5.91 Å². The average molecular weight is 382 g/mol. The Morgan fingerprint density at radius 1 is 0.741 bits per heavy atom. The first kappa shape index (κ1) is 23.6. The van der Waals surface area contributed by atoms with Crippen LogP contribution in [0.5, 0.6) is 0 Å². The molecular weight excluding hydrogens is 344 g/mol. The topological polar surface area (TPSA) is 20.3 Å². The molecule has 0 aromatic heterocycles. The number of benzene rings is 1. The fourth-order valence-corrected chi connectivity index (χ4v) is 3.34. The highest BCUT2D eigenvalue weighted by molar-refractivity contribution is 5.94. The maximum Gasteiger partial charge on any atom is 0.259 e. The predicted molar refractivity (Wildman–Crippen MR) is 109 cm³/mol. The molecule has 0 saturated heterocycles. The summed E-state index contributed by atoms with van der Waals surface area (Å²) in [4.78, 5) is 14.4. The van der Waals surface area contributed by atoms with Crippen LogP contribution in [-0.4, -0.2) is 23.9 Å². The lowest BCUT2D eigenvalue weighted by Crippen LogP contribution is -2.34. The van der Waals surface area contributed by atoms with Gasteiger partial charge >= 0.3 is 0 Å². The zero-order valence-corrected chi connectivity index (χ0v) is 17.2. The maximum atomic E-state index is 14.0. The van der Waals surface area contributed by atoms with E-state index in [0.29, 0.717) is 13.1 Å². The molecule has 0 fully saturated rings. The molecule has 0 radical (unpaired) electrons. The average Bonchev–Trinajstić information content (AvgIpc) is 2.65. The van der Waals surface area contributed by atoms with Gasteiger partial charge in [0.05, 0.1) is 0 Å². The van der Waals surface area contributed by atoms with E-state index in [4.69, 9.17) is 0 Å². The standard InChI is InChI=1S/C23H37F2NO/c1-3-5-7-9-11-13-18-26(19-14-12-10-8-6-4-2)23(27)22-20(24)16-15-17-21(22)25/h15-17H,3-14,18-19H2,1-2H3. The van der Waals surface area contributed by atoms with Crippen LogP contribution in [0.3, 0.4) is 0 Å². The summed E-state index contributed by atoms with van der Waals surface area (Å²) in [5.74, 6) is -2.04. The number of carbonyl (C=O) groups is 1. The molecule has 0 aliphatic carbocycles. The number of carbonyl (C=O) groups excluding carboxylic acids is 1. The molecule has 1 aromatic rings. The van der Waals surface area contributed by atoms with Gasteiger partial charge < -0.3 is 4.90 Å². The molecule has 1 aromatic carbocycles. The second-order valence-corrected chi connectivity index (χ2v) is 7.42. The van der Waals surface area contributed by atoms with Gasteiger partial charge in [0.1, 0.15) is 17.2 Å². The molecule has 0 atom stereocenters. The van der Waals surface area contributed by atoms with E-state index >= 15 is 0 Å². The summed E-state index contributed by atoms with van der Waals surface area (Å²) < 4.78 is 28.1. The van der Waals surface area contributed by atoms with Gasteiger partial charge in [-0.3, -0.25) is 4.79 Å². The van der Waals surface area contributed by atoms with Crippen molar-refractivity contribution < 1.29 is 13.6 Å². The van der Waals surface area contributed by atoms with Crippen LogP contribution in [0.1, 0.15) is 101 Å². The van der Waals surface area contributed by atoms with Crippen LogP contribution in [0.4, 0.5) is 8.78 Å². The van der Waals surface area contributed by atoms with Crippen molar-refractivity contribution in [1.82, 2.24) is 4.90 Å². The highest BCUT2D eigenvalue weighted by Crippen LogP contribution is 2.17. The van der Waals surface area contributed by atoms with Crippen LogP contribution < -0.4 is 0 Å². The number of unbranched alkanes of at least 4 members (excludes halogenated alkanes) is 10. The van der Waals surface area contributed by atoms with Gasteiger partial charge in [-0.25, -0.2) is 8.78 Å². The predicted octanol–water partition coefficient (Wildman–Crippen LogP) is 7.13. The van der Waals surface area contributed by atoms with E-state index in [2.05, 4.69) is 13.8 Å². The van der Waals surface area contributed by atoms with Crippen LogP contribution in [0, 0.1) is 11.6 Å². The number of hydrogen-bond donors (Lipinski definition) is 0. The van der Waals surface area contributed by atoms with E-state index in [-0.39, 0.29) is 0 Å². The number of amides is 1. The van der Waals surface area contributed by atoms with Crippen molar-refractivity contribution in [3.05, 3.63) is 35.4 Å². The maximum absolute atomic E-state index is 14.0. The molecule has 0 bridgehead atoms. The monoisotopic (exact) mass is 381 g/mol. The molecule has 0 N–H and O–H groups in total. The van der Waals surface area contributed by atoms with Crippen molar-refractivity contribution >= 4 is 5.91 Å². The minimum Gasteiger partial charge on any atom is -0.338 e. The normalized spacial score (nSPS) is 11.0. The van der Waals surface area contributed by atoms with E-state index in [1.807, 2.05) is 0 Å². The zero-order chi connectivity index (χ0) is 19.9. The van der Waals surface area contributed by atoms with Crippen molar-refractivity contribution in [2.45, 2.75) is 90.9 Å². The molecule has 0 aliphatic heterocycles. The van der Waals surface area contributed by atoms with E-state index < -0.39 is 23.1 Å². The molecule has 4 heteroatoms. The molecule has 1 rings (SSSR count). The molecule has 2 nitrogen and oxygen atoms in total. The lowest BCUT2D eigenvalue weighted by molar-refractivity contribution is 0.0739. The lowest BCUT2D eigenvalue weighted by atomic mass is 10.1. The molecule has 27 heavy (non-hydrogen) atoms. The molecule has 0 heterocycles. The quantitative estimate of drug-likeness (QED) is 0.296. The van der Waals surface area contributed by atoms with Crippen molar-refractivity contribution in [3.8, 4) is 0 Å². The fraction of sp³-hybridized carbons (Fsp3) is 0.696. The summed E-state index contributed by atoms with van der Waals surface area (Å²) in [6, 6.07) is 3.61. The summed E-state index contributed by atoms with van der Waals surface area (Å²) in [7, 11) is 0. The van der Waals surface area contributed by atoms with E-state index in [1.54, 1.807) is 4.90 Å². The SMILES string of the molecule is CCCCCCCCN(CCCCCCCC)C(=O)c1c(F)cccc1F. The Morgan fingerprint density at radius 3 is 1.59 bits per heavy atom. The van der Waals surface area contributed by atoms with E-state index in [0.717, 1.165) is 50.7 Å². The van der Waals surface area contributed by atoms with Crippen molar-refractivity contribution in [2.75, 3.05) is 13.1 Å². The number of hydrogen-bond acceptors (Lipinski definition) is 1. The molecule has 0 saturated carbocycles. The van der Waals surface area contributed by atoms with E-state index in [1.165, 1.54) is 44.6 Å². The molecule has 0 aliphatic rings. The lowest BCUT2D eigenvalue weighted by Gasteiger charge is -2.23. The Labute approximate surface area is 164 Å². The first-order valence-electron chi connectivity index (χ1n) is 10.8. The smallest absolute Gasteiger partial charge is 0.259 e. The first-order valence-corrected chi connectivity index (χ1v) is 10.8. The second kappa shape index (κ2) is 14.6. The van der Waals surface area contributed by atoms with Crippen molar-refractivity contribution in [2.24, 2.45) is 0 Å². The third-order valence-electron chi connectivity index (χ3n) is 5.03. The van der Waals surface area contributed by atoms with E-state index in [9.17, 15) is 13.6 Å². The van der Waals surface area contributed by atoms with Gasteiger partial charge in [-0.15, -0.1) is 0 Å². The summed E-state index contributed by atoms with van der Waals surface area (Å²) in [6.07, 6.45) is 13.5. The van der Waals surface area contributed by atoms with Crippen LogP contribution >= 0.6 is 0 Å². The molecule has 154 valence electrons. The second-order valence-electron chi connectivity index (χ2n) is 7.42. The van der Waals surface area contributed by atoms with Crippen LogP contribution in [-0.2, 0) is 0 Å². The third kappa shape index (κ3) is 9.34. The van der Waals surface area contributed by atoms with Gasteiger partial charge in [0, 0.05) is 13.1 Å². The van der Waals surface area contributed by atoms with Crippen LogP contribution in [0.2, 0.25) is 0 Å². The fourth-order valence-electron chi connectivity index (χ4n) is 3.34. The molecule has 0 spiro atoms. The number of halogens is 2. The molecule has 0 unspecified atom stereocenters. The Balaban J connectivity index is 2.59. The van der Waals surface area contributed by atoms with Crippen LogP contribution in [0.25, 0.3) is 0 Å². The van der Waals surface area contributed by atoms with Gasteiger partial charge in [-0.1, -0.05) is 84.1 Å². The summed E-state index contributed by atoms with van der Waals surface area (Å²) in [5, 5.41) is 0. The van der Waals surface area contributed by atoms with Crippen molar-refractivity contribution in [3.63, 3.8) is 0 Å². The van der Waals surface area contributed by atoms with Gasteiger partial charge in [-0.05, 0) is 25.0 Å². The van der Waals surface area contributed by atoms with Gasteiger partial charge in [0.15, 0.2) is 0 Å². The zero-order valence-electron chi connectivity index (χ0n) is 17.2. The minimum atomic E-state index is -0.768. The Morgan fingerprint density at radius 2 is 1.15 bits per heavy atom. The Hall–Kier alpha value is -1.45. The van der Waals surface area contributed by atoms with Crippen LogP contribution in [0.15, 0.2) is 18.2 Å². The van der Waals surface area contributed by atoms with Crippen molar-refractivity contribution in [1.29, 1.82) is 0 Å². The summed E-state index contributed by atoms with van der Waals surface area (Å²) >= 11 is 0. The Kier molecular flexibility index (Phi) is 12.7. The third-order valence-corrected chi connectivity index (χ3v) is 5.03. The number of rotatable bonds is 15. The first-order chi connectivity index (χ1) is 13.1. The highest BCUT2D eigenvalue weighted by Gasteiger charge is 2.22. The molecule has 1 amide bonds. The minimum absolute atomic E-state index is 0.408. The molecular formula is C23H37F2NO. The largest absolute Gasteiger partial charge is 0.338 e. The number of nitrogens with zero attached hydrogens (tertiary/aromatic N) is 1. The Bertz CT molecular complexity index is 497. The summed E-state index contributed by atoms with van der Waals surface area (Å²) in [6.45, 7) is 5.52. The van der Waals surface area contributed by atoms with Gasteiger partial charge in [0.2, 0.25) is 0 Å². The highest BCUT2D eigenvalue weighted by atomic mass is 19.1.